The van der Waals surface area contributed by atoms with Crippen LogP contribution in [-0.4, -0.2) is 24.2 Å². The summed E-state index contributed by atoms with van der Waals surface area (Å²) < 4.78 is 0. The van der Waals surface area contributed by atoms with Crippen molar-refractivity contribution in [2.45, 2.75) is 65.1 Å². The molecule has 1 rings (SSSR count). The summed E-state index contributed by atoms with van der Waals surface area (Å²) in [6.45, 7) is 17.9. The van der Waals surface area contributed by atoms with Crippen LogP contribution < -0.4 is 5.19 Å². The summed E-state index contributed by atoms with van der Waals surface area (Å²) in [7, 11) is -5.21. The van der Waals surface area contributed by atoms with Crippen LogP contribution in [0.4, 0.5) is 0 Å². The van der Waals surface area contributed by atoms with Gasteiger partial charge in [0.25, 0.3) is 8.07 Å². The van der Waals surface area contributed by atoms with Gasteiger partial charge < -0.3 is 0 Å². The Bertz CT molecular complexity index is 818. The largest absolute Gasteiger partial charge is 0.251 e. The fraction of sp³-hybridized carbons (Fsp3) is 0.417. The number of rotatable bonds is 3. The van der Waals surface area contributed by atoms with E-state index in [9.17, 15) is 0 Å². The second kappa shape index (κ2) is 9.88. The van der Waals surface area contributed by atoms with Crippen LogP contribution in [0.3, 0.4) is 0 Å². The topological polar surface area (TPSA) is 0 Å². The van der Waals surface area contributed by atoms with Gasteiger partial charge in [-0.2, -0.15) is 0 Å². The van der Waals surface area contributed by atoms with Crippen LogP contribution in [0.15, 0.2) is 30.3 Å². The van der Waals surface area contributed by atoms with Gasteiger partial charge in [0, 0.05) is 0 Å². The SMILES string of the molecule is CC[C@H](C)[Si](C#CC#C[Si](C)(C)C)(C#CC#C[Si](C)(C)C)c1ccccc1. The fourth-order valence-corrected chi connectivity index (χ4v) is 6.55. The Kier molecular flexibility index (Phi) is 8.47. The van der Waals surface area contributed by atoms with Gasteiger partial charge in [-0.15, -0.1) is 11.1 Å². The summed E-state index contributed by atoms with van der Waals surface area (Å²) in [5, 5.41) is 1.27. The minimum atomic E-state index is -2.36. The highest BCUT2D eigenvalue weighted by atomic mass is 28.3. The van der Waals surface area contributed by atoms with Crippen molar-refractivity contribution in [3.8, 4) is 45.9 Å². The van der Waals surface area contributed by atoms with Gasteiger partial charge in [0.2, 0.25) is 0 Å². The molecule has 0 heterocycles. The molecule has 0 bridgehead atoms. The van der Waals surface area contributed by atoms with Gasteiger partial charge in [-0.25, -0.2) is 0 Å². The monoisotopic (exact) mass is 404 g/mol. The van der Waals surface area contributed by atoms with Crippen molar-refractivity contribution in [3.63, 3.8) is 0 Å². The van der Waals surface area contributed by atoms with E-state index in [2.05, 4.69) is 129 Å². The van der Waals surface area contributed by atoms with Gasteiger partial charge in [-0.1, -0.05) is 101 Å². The molecule has 0 saturated heterocycles. The van der Waals surface area contributed by atoms with Crippen LogP contribution >= 0.6 is 0 Å². The predicted molar refractivity (Wildman–Crippen MR) is 129 cm³/mol. The Hall–Kier alpha value is -1.89. The van der Waals surface area contributed by atoms with Crippen molar-refractivity contribution in [1.82, 2.24) is 0 Å². The van der Waals surface area contributed by atoms with E-state index in [1.807, 2.05) is 0 Å². The van der Waals surface area contributed by atoms with Crippen LogP contribution in [0, 0.1) is 45.9 Å². The molecule has 0 radical (unpaired) electrons. The van der Waals surface area contributed by atoms with Gasteiger partial charge in [0.1, 0.15) is 16.1 Å². The third kappa shape index (κ3) is 8.12. The van der Waals surface area contributed by atoms with Crippen molar-refractivity contribution in [1.29, 1.82) is 0 Å². The molecule has 1 aromatic carbocycles. The molecule has 0 aliphatic heterocycles. The summed E-state index contributed by atoms with van der Waals surface area (Å²) in [5.41, 5.74) is 14.3. The zero-order valence-corrected chi connectivity index (χ0v) is 21.2. The molecule has 1 aromatic rings. The first kappa shape index (κ1) is 23.2. The van der Waals surface area contributed by atoms with E-state index in [0.29, 0.717) is 5.54 Å². The zero-order chi connectivity index (χ0) is 20.6. The summed E-state index contributed by atoms with van der Waals surface area (Å²) in [6, 6.07) is 10.6. The van der Waals surface area contributed by atoms with Crippen molar-refractivity contribution >= 4 is 29.4 Å². The van der Waals surface area contributed by atoms with E-state index in [0.717, 1.165) is 6.42 Å². The van der Waals surface area contributed by atoms with Crippen molar-refractivity contribution in [2.75, 3.05) is 0 Å². The highest BCUT2D eigenvalue weighted by Gasteiger charge is 2.37. The molecule has 0 aliphatic rings. The van der Waals surface area contributed by atoms with Crippen molar-refractivity contribution < 1.29 is 0 Å². The van der Waals surface area contributed by atoms with E-state index in [4.69, 9.17) is 0 Å². The Morgan fingerprint density at radius 2 is 1.11 bits per heavy atom. The molecule has 27 heavy (non-hydrogen) atoms. The van der Waals surface area contributed by atoms with Crippen LogP contribution in [0.1, 0.15) is 20.3 Å². The highest BCUT2D eigenvalue weighted by Crippen LogP contribution is 2.23. The Morgan fingerprint density at radius 1 is 0.704 bits per heavy atom. The van der Waals surface area contributed by atoms with Crippen LogP contribution in [0.2, 0.25) is 44.8 Å². The molecule has 1 atom stereocenters. The first-order chi connectivity index (χ1) is 12.5. The summed E-state index contributed by atoms with van der Waals surface area (Å²) in [4.78, 5) is 0. The lowest BCUT2D eigenvalue weighted by atomic mass is 10.4. The first-order valence-corrected chi connectivity index (χ1v) is 18.7. The maximum Gasteiger partial charge on any atom is 0.251 e. The third-order valence-electron chi connectivity index (χ3n) is 4.10. The Balaban J connectivity index is 3.56. The van der Waals surface area contributed by atoms with Crippen molar-refractivity contribution in [2.24, 2.45) is 0 Å². The maximum absolute atomic E-state index is 3.58. The van der Waals surface area contributed by atoms with Crippen LogP contribution in [-0.2, 0) is 0 Å². The van der Waals surface area contributed by atoms with Crippen molar-refractivity contribution in [3.05, 3.63) is 30.3 Å². The molecule has 140 valence electrons. The second-order valence-corrected chi connectivity index (χ2v) is 22.2. The zero-order valence-electron chi connectivity index (χ0n) is 18.2. The lowest BCUT2D eigenvalue weighted by Gasteiger charge is -2.26. The van der Waals surface area contributed by atoms with Crippen LogP contribution in [0.5, 0.6) is 0 Å². The number of hydrogen-bond acceptors (Lipinski definition) is 0. The third-order valence-corrected chi connectivity index (χ3v) is 10.0. The Labute approximate surface area is 170 Å². The normalized spacial score (nSPS) is 12.0. The smallest absolute Gasteiger partial charge is 0.118 e. The Morgan fingerprint density at radius 3 is 1.48 bits per heavy atom. The second-order valence-electron chi connectivity index (χ2n) is 8.98. The molecule has 3 heteroatoms. The minimum absolute atomic E-state index is 0.419. The summed E-state index contributed by atoms with van der Waals surface area (Å²) >= 11 is 0. The predicted octanol–water partition coefficient (Wildman–Crippen LogP) is 4.99. The maximum atomic E-state index is 3.58. The molecule has 0 aromatic heterocycles. The highest BCUT2D eigenvalue weighted by molar-refractivity contribution is 7.05. The van der Waals surface area contributed by atoms with E-state index in [-0.39, 0.29) is 0 Å². The molecule has 0 unspecified atom stereocenters. The average molecular weight is 405 g/mol. The molecule has 0 N–H and O–H groups in total. The van der Waals surface area contributed by atoms with E-state index in [1.54, 1.807) is 0 Å². The number of benzene rings is 1. The van der Waals surface area contributed by atoms with Gasteiger partial charge in [-0.3, -0.25) is 0 Å². The summed E-state index contributed by atoms with van der Waals surface area (Å²) in [5.74, 6) is 12.7. The lowest BCUT2D eigenvalue weighted by Crippen LogP contribution is -2.49. The van der Waals surface area contributed by atoms with Crippen LogP contribution in [0.25, 0.3) is 0 Å². The van der Waals surface area contributed by atoms with E-state index >= 15 is 0 Å². The molecule has 0 aliphatic carbocycles. The lowest BCUT2D eigenvalue weighted by molar-refractivity contribution is 0.859. The molecule has 0 spiro atoms. The fourth-order valence-electron chi connectivity index (χ4n) is 2.41. The summed E-state index contributed by atoms with van der Waals surface area (Å²) in [6.07, 6.45) is 1.05. The first-order valence-electron chi connectivity index (χ1n) is 9.64. The minimum Gasteiger partial charge on any atom is -0.118 e. The van der Waals surface area contributed by atoms with Gasteiger partial charge >= 0.3 is 0 Å². The van der Waals surface area contributed by atoms with E-state index in [1.165, 1.54) is 5.19 Å². The standard InChI is InChI=1S/C24H32Si3/c1-9-23(2)27(24-17-11-10-12-18-24,21-15-13-19-25(3,4)5)22-16-14-20-26(6,7)8/h10-12,17-18,23H,9H2,1-8H3/t23-/m0/s1. The molecule has 0 amide bonds. The molecule has 0 nitrogen and oxygen atoms in total. The molecular weight excluding hydrogens is 373 g/mol. The van der Waals surface area contributed by atoms with E-state index < -0.39 is 24.2 Å². The number of hydrogen-bond donors (Lipinski definition) is 0. The average Bonchev–Trinajstić information content (AvgIpc) is 2.59. The quantitative estimate of drug-likeness (QED) is 0.492. The van der Waals surface area contributed by atoms with Gasteiger partial charge in [0.05, 0.1) is 0 Å². The van der Waals surface area contributed by atoms with Gasteiger partial charge in [0.15, 0.2) is 0 Å². The molecular formula is C24H32Si3. The van der Waals surface area contributed by atoms with Gasteiger partial charge in [-0.05, 0) is 34.4 Å². The molecule has 0 saturated carbocycles. The molecule has 0 fully saturated rings.